The molecule has 0 saturated heterocycles. The summed E-state index contributed by atoms with van der Waals surface area (Å²) in [5.74, 6) is -1.15. The van der Waals surface area contributed by atoms with E-state index in [0.717, 1.165) is 28.7 Å². The highest BCUT2D eigenvalue weighted by Crippen LogP contribution is 2.28. The number of hydrogen-bond acceptors (Lipinski definition) is 4. The van der Waals surface area contributed by atoms with Crippen LogP contribution in [-0.2, 0) is 6.54 Å². The number of carbonyl (C=O) groups is 2. The summed E-state index contributed by atoms with van der Waals surface area (Å²) < 4.78 is 2.73. The average molecular weight is 357 g/mol. The van der Waals surface area contributed by atoms with E-state index in [1.807, 2.05) is 24.6 Å². The number of amides is 1. The summed E-state index contributed by atoms with van der Waals surface area (Å²) in [6.07, 6.45) is 0.948. The molecule has 25 heavy (non-hydrogen) atoms. The van der Waals surface area contributed by atoms with Crippen molar-refractivity contribution in [2.75, 3.05) is 5.32 Å². The van der Waals surface area contributed by atoms with Crippen molar-refractivity contribution >= 4 is 39.0 Å². The van der Waals surface area contributed by atoms with Gasteiger partial charge in [-0.1, -0.05) is 6.92 Å². The zero-order valence-corrected chi connectivity index (χ0v) is 15.1. The fraction of sp³-hybridized carbons (Fsp3) is 0.278. The fourth-order valence-electron chi connectivity index (χ4n) is 2.88. The molecular formula is C18H19N3O3S. The largest absolute Gasteiger partial charge is 0.477 e. The van der Waals surface area contributed by atoms with Crippen LogP contribution in [0, 0.1) is 13.8 Å². The van der Waals surface area contributed by atoms with Gasteiger partial charge >= 0.3 is 5.97 Å². The van der Waals surface area contributed by atoms with Gasteiger partial charge in [-0.05, 0) is 49.9 Å². The van der Waals surface area contributed by atoms with Crippen LogP contribution >= 0.6 is 11.3 Å². The van der Waals surface area contributed by atoms with Gasteiger partial charge in [-0.2, -0.15) is 5.10 Å². The lowest BCUT2D eigenvalue weighted by Gasteiger charge is -2.06. The Morgan fingerprint density at radius 2 is 2.04 bits per heavy atom. The predicted octanol–water partition coefficient (Wildman–Crippen LogP) is 4.08. The molecular weight excluding hydrogens is 338 g/mol. The van der Waals surface area contributed by atoms with Crippen molar-refractivity contribution in [3.8, 4) is 0 Å². The second-order valence-electron chi connectivity index (χ2n) is 5.89. The number of hydrogen-bond donors (Lipinski definition) is 2. The maximum Gasteiger partial charge on any atom is 0.345 e. The Balaban J connectivity index is 1.88. The van der Waals surface area contributed by atoms with Crippen LogP contribution < -0.4 is 5.32 Å². The van der Waals surface area contributed by atoms with Gasteiger partial charge in [0.1, 0.15) is 4.88 Å². The van der Waals surface area contributed by atoms with Crippen LogP contribution in [0.3, 0.4) is 0 Å². The van der Waals surface area contributed by atoms with Crippen LogP contribution in [0.2, 0.25) is 0 Å². The van der Waals surface area contributed by atoms with Gasteiger partial charge in [0.25, 0.3) is 5.91 Å². The first kappa shape index (κ1) is 17.2. The molecule has 3 rings (SSSR count). The molecule has 0 radical (unpaired) electrons. The van der Waals surface area contributed by atoms with Crippen LogP contribution in [0.25, 0.3) is 10.1 Å². The Kier molecular flexibility index (Phi) is 4.59. The van der Waals surface area contributed by atoms with Crippen LogP contribution in [0.4, 0.5) is 5.69 Å². The predicted molar refractivity (Wildman–Crippen MR) is 98.7 cm³/mol. The molecule has 0 fully saturated rings. The third-order valence-electron chi connectivity index (χ3n) is 4.03. The number of aromatic nitrogens is 2. The van der Waals surface area contributed by atoms with E-state index >= 15 is 0 Å². The number of anilines is 1. The molecule has 6 nitrogen and oxygen atoms in total. The smallest absolute Gasteiger partial charge is 0.345 e. The molecule has 2 heterocycles. The number of carboxylic acids is 1. The second kappa shape index (κ2) is 6.68. The summed E-state index contributed by atoms with van der Waals surface area (Å²) in [5, 5.41) is 17.2. The SMILES string of the molecule is CCCn1nc(C)c(C(=O)Nc2ccc3sc(C(=O)O)cc3c2)c1C. The van der Waals surface area contributed by atoms with Crippen LogP contribution in [0.15, 0.2) is 24.3 Å². The molecule has 0 atom stereocenters. The summed E-state index contributed by atoms with van der Waals surface area (Å²) in [6.45, 7) is 6.57. The molecule has 0 saturated carbocycles. The number of benzene rings is 1. The van der Waals surface area contributed by atoms with Gasteiger partial charge in [0.05, 0.1) is 11.3 Å². The first-order chi connectivity index (χ1) is 11.9. The topological polar surface area (TPSA) is 84.2 Å². The highest BCUT2D eigenvalue weighted by Gasteiger charge is 2.19. The van der Waals surface area contributed by atoms with Gasteiger partial charge in [0, 0.05) is 22.6 Å². The summed E-state index contributed by atoms with van der Waals surface area (Å²) in [6, 6.07) is 7.01. The van der Waals surface area contributed by atoms with Crippen LogP contribution in [0.5, 0.6) is 0 Å². The zero-order chi connectivity index (χ0) is 18.1. The average Bonchev–Trinajstić information content (AvgIpc) is 3.09. The quantitative estimate of drug-likeness (QED) is 0.721. The third kappa shape index (κ3) is 3.28. The zero-order valence-electron chi connectivity index (χ0n) is 14.3. The van der Waals surface area contributed by atoms with Crippen molar-refractivity contribution < 1.29 is 14.7 Å². The normalized spacial score (nSPS) is 11.0. The Labute approximate surface area is 149 Å². The number of thiophene rings is 1. The van der Waals surface area contributed by atoms with Gasteiger partial charge in [0.2, 0.25) is 0 Å². The summed E-state index contributed by atoms with van der Waals surface area (Å²) in [4.78, 5) is 24.0. The first-order valence-corrected chi connectivity index (χ1v) is 8.84. The molecule has 1 aromatic carbocycles. The monoisotopic (exact) mass is 357 g/mol. The summed E-state index contributed by atoms with van der Waals surface area (Å²) in [7, 11) is 0. The third-order valence-corrected chi connectivity index (χ3v) is 5.13. The minimum atomic E-state index is -0.943. The Hall–Kier alpha value is -2.67. The maximum atomic E-state index is 12.7. The Morgan fingerprint density at radius 1 is 1.28 bits per heavy atom. The number of nitrogens with one attached hydrogen (secondary N) is 1. The molecule has 7 heteroatoms. The molecule has 1 amide bonds. The molecule has 0 aliphatic carbocycles. The first-order valence-electron chi connectivity index (χ1n) is 8.03. The molecule has 130 valence electrons. The summed E-state index contributed by atoms with van der Waals surface area (Å²) >= 11 is 1.22. The van der Waals surface area contributed by atoms with Gasteiger partial charge in [-0.3, -0.25) is 9.48 Å². The number of fused-ring (bicyclic) bond motifs is 1. The van der Waals surface area contributed by atoms with Gasteiger partial charge in [-0.15, -0.1) is 11.3 Å². The molecule has 2 N–H and O–H groups in total. The minimum Gasteiger partial charge on any atom is -0.477 e. The number of aryl methyl sites for hydroxylation is 2. The van der Waals surface area contributed by atoms with Gasteiger partial charge in [-0.25, -0.2) is 4.79 Å². The summed E-state index contributed by atoms with van der Waals surface area (Å²) in [5.41, 5.74) is 2.77. The van der Waals surface area contributed by atoms with Crippen molar-refractivity contribution in [3.63, 3.8) is 0 Å². The minimum absolute atomic E-state index is 0.203. The lowest BCUT2D eigenvalue weighted by Crippen LogP contribution is -2.14. The number of carboxylic acid groups (broad SMARTS) is 1. The number of rotatable bonds is 5. The van der Waals surface area contributed by atoms with Crippen LogP contribution in [0.1, 0.15) is 44.8 Å². The lowest BCUT2D eigenvalue weighted by atomic mass is 10.1. The fourth-order valence-corrected chi connectivity index (χ4v) is 3.76. The van der Waals surface area contributed by atoms with E-state index in [1.54, 1.807) is 18.2 Å². The Morgan fingerprint density at radius 3 is 2.72 bits per heavy atom. The molecule has 2 aromatic heterocycles. The van der Waals surface area contributed by atoms with E-state index in [-0.39, 0.29) is 10.8 Å². The van der Waals surface area contributed by atoms with Crippen molar-refractivity contribution in [1.29, 1.82) is 0 Å². The van der Waals surface area contributed by atoms with Crippen molar-refractivity contribution in [1.82, 2.24) is 9.78 Å². The molecule has 0 unspecified atom stereocenters. The van der Waals surface area contributed by atoms with Gasteiger partial charge < -0.3 is 10.4 Å². The Bertz CT molecular complexity index is 972. The highest BCUT2D eigenvalue weighted by molar-refractivity contribution is 7.20. The van der Waals surface area contributed by atoms with Crippen molar-refractivity contribution in [2.45, 2.75) is 33.7 Å². The lowest BCUT2D eigenvalue weighted by molar-refractivity contribution is 0.0702. The van der Waals surface area contributed by atoms with Crippen molar-refractivity contribution in [2.24, 2.45) is 0 Å². The molecule has 0 bridgehead atoms. The second-order valence-corrected chi connectivity index (χ2v) is 6.98. The van der Waals surface area contributed by atoms with E-state index < -0.39 is 5.97 Å². The van der Waals surface area contributed by atoms with E-state index in [1.165, 1.54) is 11.3 Å². The van der Waals surface area contributed by atoms with E-state index in [9.17, 15) is 9.59 Å². The number of aromatic carboxylic acids is 1. The number of carbonyl (C=O) groups excluding carboxylic acids is 1. The molecule has 3 aromatic rings. The van der Waals surface area contributed by atoms with Gasteiger partial charge in [0.15, 0.2) is 0 Å². The van der Waals surface area contributed by atoms with Crippen LogP contribution in [-0.4, -0.2) is 26.8 Å². The standard InChI is InChI=1S/C18H19N3O3S/c1-4-7-21-11(3)16(10(2)20-21)17(22)19-13-5-6-14-12(8-13)9-15(25-14)18(23)24/h5-6,8-9H,4,7H2,1-3H3,(H,19,22)(H,23,24). The van der Waals surface area contributed by atoms with E-state index in [0.29, 0.717) is 16.9 Å². The molecule has 0 aliphatic heterocycles. The van der Waals surface area contributed by atoms with E-state index in [2.05, 4.69) is 17.3 Å². The molecule has 0 aliphatic rings. The highest BCUT2D eigenvalue weighted by atomic mass is 32.1. The molecule has 0 spiro atoms. The van der Waals surface area contributed by atoms with E-state index in [4.69, 9.17) is 5.11 Å². The van der Waals surface area contributed by atoms with Crippen molar-refractivity contribution in [3.05, 3.63) is 46.1 Å². The number of nitrogens with zero attached hydrogens (tertiary/aromatic N) is 2. The maximum absolute atomic E-state index is 12.7.